The Morgan fingerprint density at radius 2 is 1.97 bits per heavy atom. The zero-order valence-electron chi connectivity index (χ0n) is 19.4. The molecule has 0 saturated carbocycles. The van der Waals surface area contributed by atoms with Crippen LogP contribution in [0.5, 0.6) is 0 Å². The smallest absolute Gasteiger partial charge is 0.303 e. The highest BCUT2D eigenvalue weighted by atomic mass is 16.6. The van der Waals surface area contributed by atoms with E-state index in [0.717, 1.165) is 31.2 Å². The quantitative estimate of drug-likeness (QED) is 0.339. The zero-order valence-corrected chi connectivity index (χ0v) is 19.4. The molecule has 4 rings (SSSR count). The fourth-order valence-electron chi connectivity index (χ4n) is 4.93. The van der Waals surface area contributed by atoms with E-state index >= 15 is 0 Å². The molecule has 2 bridgehead atoms. The first-order valence-corrected chi connectivity index (χ1v) is 11.8. The summed E-state index contributed by atoms with van der Waals surface area (Å²) in [7, 11) is 3.85. The molecule has 2 aliphatic rings. The van der Waals surface area contributed by atoms with Gasteiger partial charge in [-0.25, -0.2) is 4.98 Å². The van der Waals surface area contributed by atoms with Crippen molar-refractivity contribution in [1.29, 1.82) is 0 Å². The van der Waals surface area contributed by atoms with Gasteiger partial charge in [-0.1, -0.05) is 23.7 Å². The molecule has 1 aromatic heterocycles. The predicted octanol–water partition coefficient (Wildman–Crippen LogP) is 2.39. The number of nitrogens with zero attached hydrogens (tertiary/aromatic N) is 4. The molecule has 2 N–H and O–H groups in total. The van der Waals surface area contributed by atoms with E-state index in [1.165, 1.54) is 6.42 Å². The third-order valence-corrected chi connectivity index (χ3v) is 6.50. The van der Waals surface area contributed by atoms with Crippen molar-refractivity contribution < 1.29 is 14.7 Å². The van der Waals surface area contributed by atoms with Crippen LogP contribution in [0, 0.1) is 0 Å². The Morgan fingerprint density at radius 3 is 2.67 bits per heavy atom. The number of nitrogens with one attached hydrogen (secondary N) is 1. The Hall–Kier alpha value is -2.78. The molecule has 0 radical (unpaired) electrons. The van der Waals surface area contributed by atoms with Crippen LogP contribution < -0.4 is 10.9 Å². The molecule has 2 aliphatic heterocycles. The third-order valence-electron chi connectivity index (χ3n) is 6.50. The van der Waals surface area contributed by atoms with Crippen LogP contribution >= 0.6 is 0 Å². The number of aliphatic carboxylic acids is 1. The number of benzene rings is 1. The van der Waals surface area contributed by atoms with Crippen LogP contribution in [0.15, 0.2) is 34.2 Å². The second-order valence-electron chi connectivity index (χ2n) is 9.31. The number of para-hydroxylation sites is 2. The number of carbonyl (C=O) groups is 1. The molecule has 2 aromatic rings. The van der Waals surface area contributed by atoms with Gasteiger partial charge in [0, 0.05) is 31.1 Å². The van der Waals surface area contributed by atoms with E-state index in [1.54, 1.807) is 0 Å². The SMILES string of the molecule is CN(C)CCO/N=C(\CCC(=O)O)c1nc2ccccc2n(C2CC3CCCC(C2)N3)c1=O. The van der Waals surface area contributed by atoms with Gasteiger partial charge in [-0.3, -0.25) is 9.59 Å². The van der Waals surface area contributed by atoms with Gasteiger partial charge in [0.1, 0.15) is 12.3 Å². The van der Waals surface area contributed by atoms with E-state index in [9.17, 15) is 14.7 Å². The van der Waals surface area contributed by atoms with Gasteiger partial charge in [0.25, 0.3) is 5.56 Å². The number of hydrogen-bond donors (Lipinski definition) is 2. The maximum absolute atomic E-state index is 13.8. The molecule has 2 unspecified atom stereocenters. The first-order valence-electron chi connectivity index (χ1n) is 11.8. The molecule has 9 nitrogen and oxygen atoms in total. The maximum atomic E-state index is 13.8. The van der Waals surface area contributed by atoms with Gasteiger partial charge in [0.2, 0.25) is 0 Å². The van der Waals surface area contributed by atoms with Crippen LogP contribution in [0.3, 0.4) is 0 Å². The lowest BCUT2D eigenvalue weighted by Crippen LogP contribution is -2.50. The molecular formula is C24H33N5O4. The van der Waals surface area contributed by atoms with Gasteiger partial charge in [-0.2, -0.15) is 0 Å². The highest BCUT2D eigenvalue weighted by molar-refractivity contribution is 6.00. The van der Waals surface area contributed by atoms with Crippen molar-refractivity contribution in [2.45, 2.75) is 63.1 Å². The van der Waals surface area contributed by atoms with Crippen molar-refractivity contribution in [3.63, 3.8) is 0 Å². The lowest BCUT2D eigenvalue weighted by molar-refractivity contribution is -0.136. The molecule has 2 saturated heterocycles. The molecule has 2 atom stereocenters. The lowest BCUT2D eigenvalue weighted by atomic mass is 9.83. The summed E-state index contributed by atoms with van der Waals surface area (Å²) in [5.74, 6) is -0.955. The summed E-state index contributed by atoms with van der Waals surface area (Å²) in [5.41, 5.74) is 1.76. The molecule has 0 spiro atoms. The summed E-state index contributed by atoms with van der Waals surface area (Å²) in [5, 5.41) is 17.1. The van der Waals surface area contributed by atoms with Crippen LogP contribution in [0.2, 0.25) is 0 Å². The van der Waals surface area contributed by atoms with Gasteiger partial charge < -0.3 is 24.7 Å². The summed E-state index contributed by atoms with van der Waals surface area (Å²) in [6.07, 6.45) is 5.19. The predicted molar refractivity (Wildman–Crippen MR) is 127 cm³/mol. The summed E-state index contributed by atoms with van der Waals surface area (Å²) in [4.78, 5) is 37.1. The standard InChI is InChI=1S/C24H33N5O4/c1-28(2)12-13-33-27-20(10-11-22(30)31)23-24(32)29(21-9-4-3-8-19(21)26-23)18-14-16-6-5-7-17(15-18)25-16/h3-4,8-9,16-18,25H,5-7,10-15H2,1-2H3,(H,30,31)/b27-20+. The average Bonchev–Trinajstić information content (AvgIpc) is 2.78. The summed E-state index contributed by atoms with van der Waals surface area (Å²) in [6.45, 7) is 0.992. The molecule has 2 fully saturated rings. The summed E-state index contributed by atoms with van der Waals surface area (Å²) in [6, 6.07) is 8.54. The fourth-order valence-corrected chi connectivity index (χ4v) is 4.93. The van der Waals surface area contributed by atoms with E-state index in [2.05, 4.69) is 15.5 Å². The molecule has 0 aliphatic carbocycles. The van der Waals surface area contributed by atoms with E-state index < -0.39 is 5.97 Å². The minimum atomic E-state index is -0.955. The molecular weight excluding hydrogens is 422 g/mol. The minimum Gasteiger partial charge on any atom is -0.481 e. The van der Waals surface area contributed by atoms with Crippen LogP contribution in [-0.4, -0.2) is 70.6 Å². The van der Waals surface area contributed by atoms with Gasteiger partial charge in [-0.05, 0) is 51.9 Å². The zero-order chi connectivity index (χ0) is 23.4. The van der Waals surface area contributed by atoms with E-state index in [0.29, 0.717) is 30.8 Å². The van der Waals surface area contributed by atoms with Gasteiger partial charge >= 0.3 is 5.97 Å². The van der Waals surface area contributed by atoms with Crippen LogP contribution in [0.4, 0.5) is 0 Å². The van der Waals surface area contributed by atoms with Crippen molar-refractivity contribution >= 4 is 22.7 Å². The van der Waals surface area contributed by atoms with Gasteiger partial charge in [0.05, 0.1) is 17.5 Å². The van der Waals surface area contributed by atoms with Crippen LogP contribution in [-0.2, 0) is 9.63 Å². The Kier molecular flexibility index (Phi) is 7.39. The molecule has 33 heavy (non-hydrogen) atoms. The first kappa shape index (κ1) is 23.4. The van der Waals surface area contributed by atoms with Crippen LogP contribution in [0.25, 0.3) is 11.0 Å². The second kappa shape index (κ2) is 10.4. The van der Waals surface area contributed by atoms with Crippen molar-refractivity contribution in [2.24, 2.45) is 5.16 Å². The average molecular weight is 456 g/mol. The molecule has 1 aromatic carbocycles. The third kappa shape index (κ3) is 5.59. The van der Waals surface area contributed by atoms with Crippen molar-refractivity contribution in [1.82, 2.24) is 19.8 Å². The Morgan fingerprint density at radius 1 is 1.24 bits per heavy atom. The largest absolute Gasteiger partial charge is 0.481 e. The monoisotopic (exact) mass is 455 g/mol. The van der Waals surface area contributed by atoms with Gasteiger partial charge in [0.15, 0.2) is 5.69 Å². The molecule has 178 valence electrons. The maximum Gasteiger partial charge on any atom is 0.303 e. The Labute approximate surface area is 193 Å². The number of hydrogen-bond acceptors (Lipinski definition) is 7. The lowest BCUT2D eigenvalue weighted by Gasteiger charge is -2.41. The first-order chi connectivity index (χ1) is 15.9. The Bertz CT molecular complexity index is 1070. The summed E-state index contributed by atoms with van der Waals surface area (Å²) < 4.78 is 1.87. The summed E-state index contributed by atoms with van der Waals surface area (Å²) >= 11 is 0. The van der Waals surface area contributed by atoms with E-state index in [-0.39, 0.29) is 35.8 Å². The minimum absolute atomic E-state index is 0.0658. The van der Waals surface area contributed by atoms with Crippen molar-refractivity contribution in [3.05, 3.63) is 40.3 Å². The fraction of sp³-hybridized carbons (Fsp3) is 0.583. The Balaban J connectivity index is 1.75. The van der Waals surface area contributed by atoms with Crippen molar-refractivity contribution in [2.75, 3.05) is 27.2 Å². The molecule has 0 amide bonds. The van der Waals surface area contributed by atoms with E-state index in [1.807, 2.05) is 47.8 Å². The number of fused-ring (bicyclic) bond motifs is 3. The number of piperidine rings is 2. The second-order valence-corrected chi connectivity index (χ2v) is 9.31. The van der Waals surface area contributed by atoms with Gasteiger partial charge in [-0.15, -0.1) is 0 Å². The highest BCUT2D eigenvalue weighted by Gasteiger charge is 2.33. The topological polar surface area (TPSA) is 109 Å². The normalized spacial score (nSPS) is 23.1. The number of carboxylic acid groups (broad SMARTS) is 1. The molecule has 3 heterocycles. The van der Waals surface area contributed by atoms with E-state index in [4.69, 9.17) is 4.84 Å². The molecule has 9 heteroatoms. The number of aromatic nitrogens is 2. The number of oxime groups is 1. The number of rotatable bonds is 9. The van der Waals surface area contributed by atoms with Crippen LogP contribution in [0.1, 0.15) is 56.7 Å². The van der Waals surface area contributed by atoms with Crippen molar-refractivity contribution in [3.8, 4) is 0 Å². The number of carboxylic acids is 1. The highest BCUT2D eigenvalue weighted by Crippen LogP contribution is 2.33. The number of likely N-dealkylation sites (N-methyl/N-ethyl adjacent to an activating group) is 1.